The molecule has 0 saturated heterocycles. The van der Waals surface area contributed by atoms with Crippen LogP contribution in [0.1, 0.15) is 11.8 Å². The number of thioether (sulfide) groups is 1. The molecule has 94 valence electrons. The lowest BCUT2D eigenvalue weighted by Gasteiger charge is -2.11. The highest BCUT2D eigenvalue weighted by Gasteiger charge is 2.18. The van der Waals surface area contributed by atoms with E-state index in [-0.39, 0.29) is 5.91 Å². The minimum atomic E-state index is -1.03. The van der Waals surface area contributed by atoms with Crippen molar-refractivity contribution in [3.63, 3.8) is 0 Å². The van der Waals surface area contributed by atoms with E-state index in [1.807, 2.05) is 0 Å². The molecule has 0 bridgehead atoms. The summed E-state index contributed by atoms with van der Waals surface area (Å²) in [5, 5.41) is 11.2. The van der Waals surface area contributed by atoms with Gasteiger partial charge in [0.05, 0.1) is 0 Å². The van der Waals surface area contributed by atoms with Gasteiger partial charge in [-0.2, -0.15) is 11.8 Å². The summed E-state index contributed by atoms with van der Waals surface area (Å²) in [4.78, 5) is 26.5. The number of carboxylic acid groups (broad SMARTS) is 1. The maximum Gasteiger partial charge on any atom is 0.327 e. The second-order valence-corrected chi connectivity index (χ2v) is 5.91. The van der Waals surface area contributed by atoms with Gasteiger partial charge in [-0.3, -0.25) is 4.79 Å². The lowest BCUT2D eigenvalue weighted by molar-refractivity contribution is -0.140. The first-order valence-corrected chi connectivity index (χ1v) is 7.02. The molecule has 2 N–H and O–H groups in total. The summed E-state index contributed by atoms with van der Waals surface area (Å²) in [6, 6.07) is -0.860. The SMILES string of the molecule is CC(=O)N[C@@H](CSCc1cnc(Cl)s1)C(=O)O. The Balaban J connectivity index is 2.37. The second-order valence-electron chi connectivity index (χ2n) is 3.19. The molecule has 1 rings (SSSR count). The van der Waals surface area contributed by atoms with E-state index in [0.717, 1.165) is 4.88 Å². The number of carbonyl (C=O) groups is 2. The molecule has 0 aromatic carbocycles. The van der Waals surface area contributed by atoms with Gasteiger partial charge in [-0.15, -0.1) is 11.3 Å². The third-order valence-corrected chi connectivity index (χ3v) is 4.11. The van der Waals surface area contributed by atoms with Crippen molar-refractivity contribution in [2.45, 2.75) is 18.7 Å². The van der Waals surface area contributed by atoms with E-state index >= 15 is 0 Å². The first-order chi connectivity index (χ1) is 7.99. The van der Waals surface area contributed by atoms with Gasteiger partial charge in [-0.05, 0) is 0 Å². The van der Waals surface area contributed by atoms with E-state index in [9.17, 15) is 9.59 Å². The van der Waals surface area contributed by atoms with Crippen molar-refractivity contribution in [1.82, 2.24) is 10.3 Å². The predicted octanol–water partition coefficient (Wildman–Crippen LogP) is 1.62. The van der Waals surface area contributed by atoms with E-state index in [1.165, 1.54) is 30.0 Å². The Morgan fingerprint density at radius 1 is 1.71 bits per heavy atom. The minimum absolute atomic E-state index is 0.310. The average molecular weight is 295 g/mol. The number of hydrogen-bond acceptors (Lipinski definition) is 5. The van der Waals surface area contributed by atoms with Gasteiger partial charge in [0.2, 0.25) is 5.91 Å². The summed E-state index contributed by atoms with van der Waals surface area (Å²) in [5.41, 5.74) is 0. The Morgan fingerprint density at radius 2 is 2.41 bits per heavy atom. The number of carbonyl (C=O) groups excluding carboxylic acids is 1. The van der Waals surface area contributed by atoms with Crippen molar-refractivity contribution in [1.29, 1.82) is 0 Å². The van der Waals surface area contributed by atoms with Crippen molar-refractivity contribution >= 4 is 46.6 Å². The monoisotopic (exact) mass is 294 g/mol. The Labute approximate surface area is 112 Å². The molecule has 5 nitrogen and oxygen atoms in total. The molecule has 8 heteroatoms. The van der Waals surface area contributed by atoms with Crippen LogP contribution in [0.25, 0.3) is 0 Å². The third kappa shape index (κ3) is 5.38. The maximum atomic E-state index is 10.8. The number of carboxylic acids is 1. The van der Waals surface area contributed by atoms with Crippen molar-refractivity contribution in [3.05, 3.63) is 15.5 Å². The smallest absolute Gasteiger partial charge is 0.327 e. The highest BCUT2D eigenvalue weighted by atomic mass is 35.5. The molecule has 17 heavy (non-hydrogen) atoms. The van der Waals surface area contributed by atoms with Gasteiger partial charge in [0.1, 0.15) is 6.04 Å². The molecule has 1 aromatic rings. The summed E-state index contributed by atoms with van der Waals surface area (Å²) < 4.78 is 0.470. The van der Waals surface area contributed by atoms with Crippen LogP contribution in [0.3, 0.4) is 0 Å². The fourth-order valence-corrected chi connectivity index (χ4v) is 3.16. The predicted molar refractivity (Wildman–Crippen MR) is 68.5 cm³/mol. The van der Waals surface area contributed by atoms with Crippen LogP contribution in [-0.2, 0) is 15.3 Å². The summed E-state index contributed by atoms with van der Waals surface area (Å²) in [6.07, 6.45) is 1.66. The van der Waals surface area contributed by atoms with Gasteiger partial charge in [0, 0.05) is 29.5 Å². The van der Waals surface area contributed by atoms with Crippen LogP contribution in [0, 0.1) is 0 Å². The summed E-state index contributed by atoms with van der Waals surface area (Å²) in [5.74, 6) is -0.438. The minimum Gasteiger partial charge on any atom is -0.480 e. The molecule has 0 saturated carbocycles. The zero-order valence-electron chi connectivity index (χ0n) is 8.97. The van der Waals surface area contributed by atoms with Crippen LogP contribution in [0.15, 0.2) is 6.20 Å². The van der Waals surface area contributed by atoms with E-state index in [1.54, 1.807) is 6.20 Å². The molecule has 0 spiro atoms. The Bertz CT molecular complexity index is 411. The van der Waals surface area contributed by atoms with E-state index in [4.69, 9.17) is 16.7 Å². The third-order valence-electron chi connectivity index (χ3n) is 1.73. The van der Waals surface area contributed by atoms with Gasteiger partial charge in [-0.25, -0.2) is 9.78 Å². The number of nitrogens with one attached hydrogen (secondary N) is 1. The number of halogens is 1. The zero-order chi connectivity index (χ0) is 12.8. The molecule has 0 aliphatic rings. The fraction of sp³-hybridized carbons (Fsp3) is 0.444. The standard InChI is InChI=1S/C9H11ClN2O3S2/c1-5(13)12-7(8(14)15)4-16-3-6-2-11-9(10)17-6/h2,7H,3-4H2,1H3,(H,12,13)(H,14,15)/t7-/m0/s1. The molecular formula is C9H11ClN2O3S2. The number of aromatic nitrogens is 1. The molecular weight excluding hydrogens is 284 g/mol. The van der Waals surface area contributed by atoms with Gasteiger partial charge in [0.25, 0.3) is 0 Å². The lowest BCUT2D eigenvalue weighted by Crippen LogP contribution is -2.41. The number of thiazole rings is 1. The molecule has 0 fully saturated rings. The first-order valence-electron chi connectivity index (χ1n) is 4.67. The van der Waals surface area contributed by atoms with Crippen molar-refractivity contribution in [3.8, 4) is 0 Å². The fourth-order valence-electron chi connectivity index (χ4n) is 1.05. The summed E-state index contributed by atoms with van der Waals surface area (Å²) in [6.45, 7) is 1.30. The zero-order valence-corrected chi connectivity index (χ0v) is 11.4. The maximum absolute atomic E-state index is 10.8. The van der Waals surface area contributed by atoms with Crippen molar-refractivity contribution in [2.75, 3.05) is 5.75 Å². The van der Waals surface area contributed by atoms with Crippen LogP contribution < -0.4 is 5.32 Å². The summed E-state index contributed by atoms with van der Waals surface area (Å²) in [7, 11) is 0. The van der Waals surface area contributed by atoms with E-state index < -0.39 is 12.0 Å². The number of aliphatic carboxylic acids is 1. The highest BCUT2D eigenvalue weighted by molar-refractivity contribution is 7.98. The highest BCUT2D eigenvalue weighted by Crippen LogP contribution is 2.22. The van der Waals surface area contributed by atoms with E-state index in [0.29, 0.717) is 16.0 Å². The molecule has 1 heterocycles. The normalized spacial score (nSPS) is 12.1. The van der Waals surface area contributed by atoms with Gasteiger partial charge >= 0.3 is 5.97 Å². The average Bonchev–Trinajstić information content (AvgIpc) is 2.62. The lowest BCUT2D eigenvalue weighted by atomic mass is 10.3. The summed E-state index contributed by atoms with van der Waals surface area (Å²) >= 11 is 8.44. The van der Waals surface area contributed by atoms with E-state index in [2.05, 4.69) is 10.3 Å². The number of rotatable bonds is 6. The number of amides is 1. The largest absolute Gasteiger partial charge is 0.480 e. The number of nitrogens with zero attached hydrogens (tertiary/aromatic N) is 1. The Hall–Kier alpha value is -0.790. The first kappa shape index (κ1) is 14.3. The van der Waals surface area contributed by atoms with Gasteiger partial charge in [0.15, 0.2) is 4.47 Å². The van der Waals surface area contributed by atoms with Crippen LogP contribution >= 0.6 is 34.7 Å². The molecule has 0 aliphatic heterocycles. The quantitative estimate of drug-likeness (QED) is 0.833. The van der Waals surface area contributed by atoms with Crippen LogP contribution in [0.5, 0.6) is 0 Å². The molecule has 1 atom stereocenters. The van der Waals surface area contributed by atoms with Crippen LogP contribution in [-0.4, -0.2) is 33.8 Å². The molecule has 0 aliphatic carbocycles. The molecule has 1 amide bonds. The molecule has 0 radical (unpaired) electrons. The van der Waals surface area contributed by atoms with Crippen molar-refractivity contribution < 1.29 is 14.7 Å². The molecule has 1 aromatic heterocycles. The number of hydrogen-bond donors (Lipinski definition) is 2. The van der Waals surface area contributed by atoms with Gasteiger partial charge < -0.3 is 10.4 Å². The second kappa shape index (κ2) is 6.83. The Morgan fingerprint density at radius 3 is 2.88 bits per heavy atom. The van der Waals surface area contributed by atoms with Crippen LogP contribution in [0.4, 0.5) is 0 Å². The topological polar surface area (TPSA) is 79.3 Å². The van der Waals surface area contributed by atoms with Gasteiger partial charge in [-0.1, -0.05) is 11.6 Å². The van der Waals surface area contributed by atoms with Crippen LogP contribution in [0.2, 0.25) is 4.47 Å². The Kier molecular flexibility index (Phi) is 5.73. The van der Waals surface area contributed by atoms with Crippen molar-refractivity contribution in [2.24, 2.45) is 0 Å². The molecule has 0 unspecified atom stereocenters.